The number of hydrogen-bond donors (Lipinski definition) is 1. The zero-order chi connectivity index (χ0) is 14.1. The number of aliphatic hydroxyl groups excluding tert-OH is 1. The van der Waals surface area contributed by atoms with Crippen molar-refractivity contribution in [1.29, 1.82) is 0 Å². The second kappa shape index (κ2) is 6.02. The van der Waals surface area contributed by atoms with Gasteiger partial charge in [0.15, 0.2) is 0 Å². The number of ether oxygens (including phenoxy) is 1. The van der Waals surface area contributed by atoms with Crippen molar-refractivity contribution >= 4 is 15.9 Å². The summed E-state index contributed by atoms with van der Waals surface area (Å²) < 4.78 is 6.18. The van der Waals surface area contributed by atoms with Crippen LogP contribution in [-0.4, -0.2) is 66.9 Å². The normalized spacial score (nSPS) is 30.2. The number of nitrogens with zero attached hydrogens (tertiary/aromatic N) is 2. The first-order valence-corrected chi connectivity index (χ1v) is 7.93. The van der Waals surface area contributed by atoms with Crippen LogP contribution in [0.3, 0.4) is 0 Å². The van der Waals surface area contributed by atoms with Crippen LogP contribution in [0.2, 0.25) is 0 Å². The fourth-order valence-corrected chi connectivity index (χ4v) is 3.83. The fourth-order valence-electron chi connectivity index (χ4n) is 3.24. The monoisotopic (exact) mass is 340 g/mol. The van der Waals surface area contributed by atoms with Crippen molar-refractivity contribution < 1.29 is 9.84 Å². The molecule has 0 aromatic heterocycles. The highest BCUT2D eigenvalue weighted by Gasteiger charge is 2.35. The molecule has 5 heteroatoms. The summed E-state index contributed by atoms with van der Waals surface area (Å²) in [4.78, 5) is 4.89. The number of fused-ring (bicyclic) bond motifs is 3. The summed E-state index contributed by atoms with van der Waals surface area (Å²) in [5, 5.41) is 10.6. The zero-order valence-electron chi connectivity index (χ0n) is 11.8. The third-order valence-corrected chi connectivity index (χ3v) is 5.05. The van der Waals surface area contributed by atoms with E-state index in [9.17, 15) is 5.11 Å². The molecule has 20 heavy (non-hydrogen) atoms. The molecule has 0 spiro atoms. The molecule has 0 amide bonds. The highest BCUT2D eigenvalue weighted by atomic mass is 79.9. The minimum atomic E-state index is -0.307. The first-order valence-electron chi connectivity index (χ1n) is 7.14. The van der Waals surface area contributed by atoms with E-state index in [0.29, 0.717) is 6.42 Å². The standard InChI is InChI=1S/C15H21BrN2O2/c1-20-15-3-2-11(8-12(15)16)9-14(19)13-10-17-4-6-18(13)7-5-17/h2-3,8,13-14,19H,4-7,9-10H2,1H3. The van der Waals surface area contributed by atoms with Crippen LogP contribution in [0.4, 0.5) is 0 Å². The van der Waals surface area contributed by atoms with E-state index in [4.69, 9.17) is 4.74 Å². The number of benzene rings is 1. The molecule has 0 aliphatic carbocycles. The molecule has 1 aromatic carbocycles. The lowest BCUT2D eigenvalue weighted by Gasteiger charge is -2.49. The molecule has 2 unspecified atom stereocenters. The van der Waals surface area contributed by atoms with Crippen LogP contribution < -0.4 is 4.74 Å². The average Bonchev–Trinajstić information content (AvgIpc) is 2.48. The number of hydrogen-bond acceptors (Lipinski definition) is 4. The number of halogens is 1. The first-order chi connectivity index (χ1) is 9.67. The molecule has 4 rings (SSSR count). The molecule has 1 N–H and O–H groups in total. The van der Waals surface area contributed by atoms with Gasteiger partial charge >= 0.3 is 0 Å². The van der Waals surface area contributed by atoms with Crippen LogP contribution in [0.15, 0.2) is 22.7 Å². The van der Waals surface area contributed by atoms with Gasteiger partial charge in [0.25, 0.3) is 0 Å². The van der Waals surface area contributed by atoms with Crippen molar-refractivity contribution in [3.8, 4) is 5.75 Å². The Morgan fingerprint density at radius 3 is 2.65 bits per heavy atom. The Bertz CT molecular complexity index is 475. The van der Waals surface area contributed by atoms with Gasteiger partial charge in [0, 0.05) is 38.8 Å². The maximum absolute atomic E-state index is 10.6. The van der Waals surface area contributed by atoms with E-state index in [-0.39, 0.29) is 12.1 Å². The summed E-state index contributed by atoms with van der Waals surface area (Å²) in [6, 6.07) is 6.30. The second-order valence-corrected chi connectivity index (χ2v) is 6.50. The zero-order valence-corrected chi connectivity index (χ0v) is 13.3. The number of aliphatic hydroxyl groups is 1. The highest BCUT2D eigenvalue weighted by molar-refractivity contribution is 9.10. The minimum absolute atomic E-state index is 0.276. The molecule has 3 saturated heterocycles. The quantitative estimate of drug-likeness (QED) is 0.897. The molecule has 2 bridgehead atoms. The number of rotatable bonds is 4. The predicted molar refractivity (Wildman–Crippen MR) is 82.2 cm³/mol. The van der Waals surface area contributed by atoms with E-state index in [1.165, 1.54) is 0 Å². The molecular formula is C15H21BrN2O2. The summed E-state index contributed by atoms with van der Waals surface area (Å²) in [5.74, 6) is 0.829. The lowest BCUT2D eigenvalue weighted by Crippen LogP contribution is -2.64. The van der Waals surface area contributed by atoms with Gasteiger partial charge in [-0.1, -0.05) is 6.07 Å². The molecule has 2 atom stereocenters. The Kier molecular flexibility index (Phi) is 4.31. The van der Waals surface area contributed by atoms with Crippen LogP contribution in [0, 0.1) is 0 Å². The molecule has 0 saturated carbocycles. The van der Waals surface area contributed by atoms with Gasteiger partial charge in [-0.15, -0.1) is 0 Å². The van der Waals surface area contributed by atoms with Crippen LogP contribution >= 0.6 is 15.9 Å². The van der Waals surface area contributed by atoms with Gasteiger partial charge in [0.2, 0.25) is 0 Å². The molecule has 3 aliphatic rings. The Hall–Kier alpha value is -0.620. The van der Waals surface area contributed by atoms with Gasteiger partial charge in [0.05, 0.1) is 17.7 Å². The molecule has 3 fully saturated rings. The molecule has 1 aromatic rings. The lowest BCUT2D eigenvalue weighted by atomic mass is 9.97. The van der Waals surface area contributed by atoms with Gasteiger partial charge in [-0.3, -0.25) is 9.80 Å². The van der Waals surface area contributed by atoms with Crippen molar-refractivity contribution in [2.45, 2.75) is 18.6 Å². The maximum atomic E-state index is 10.6. The fraction of sp³-hybridized carbons (Fsp3) is 0.600. The molecule has 110 valence electrons. The van der Waals surface area contributed by atoms with E-state index in [1.807, 2.05) is 18.2 Å². The summed E-state index contributed by atoms with van der Waals surface area (Å²) in [6.07, 6.45) is 0.385. The molecule has 3 aliphatic heterocycles. The Morgan fingerprint density at radius 1 is 1.35 bits per heavy atom. The predicted octanol–water partition coefficient (Wildman–Crippen LogP) is 1.36. The maximum Gasteiger partial charge on any atom is 0.133 e. The lowest BCUT2D eigenvalue weighted by molar-refractivity contribution is -0.0453. The van der Waals surface area contributed by atoms with E-state index in [0.717, 1.165) is 48.5 Å². The molecular weight excluding hydrogens is 320 g/mol. The van der Waals surface area contributed by atoms with Crippen LogP contribution in [-0.2, 0) is 6.42 Å². The Labute approximate surface area is 128 Å². The highest BCUT2D eigenvalue weighted by Crippen LogP contribution is 2.27. The van der Waals surface area contributed by atoms with Gasteiger partial charge in [-0.2, -0.15) is 0 Å². The Morgan fingerprint density at radius 2 is 2.10 bits per heavy atom. The van der Waals surface area contributed by atoms with Gasteiger partial charge in [-0.05, 0) is 40.0 Å². The molecule has 3 heterocycles. The largest absolute Gasteiger partial charge is 0.496 e. The molecule has 0 radical (unpaired) electrons. The SMILES string of the molecule is COc1ccc(CC(O)C2CN3CCN2CC3)cc1Br. The van der Waals surface area contributed by atoms with E-state index < -0.39 is 0 Å². The van der Waals surface area contributed by atoms with Crippen molar-refractivity contribution in [2.24, 2.45) is 0 Å². The first kappa shape index (κ1) is 14.3. The smallest absolute Gasteiger partial charge is 0.133 e. The molecule has 4 nitrogen and oxygen atoms in total. The van der Waals surface area contributed by atoms with Crippen LogP contribution in [0.25, 0.3) is 0 Å². The van der Waals surface area contributed by atoms with E-state index in [2.05, 4.69) is 25.7 Å². The van der Waals surface area contributed by atoms with Gasteiger partial charge in [-0.25, -0.2) is 0 Å². The van der Waals surface area contributed by atoms with Crippen molar-refractivity contribution in [3.63, 3.8) is 0 Å². The van der Waals surface area contributed by atoms with Crippen molar-refractivity contribution in [2.75, 3.05) is 39.8 Å². The second-order valence-electron chi connectivity index (χ2n) is 5.64. The van der Waals surface area contributed by atoms with Gasteiger partial charge in [0.1, 0.15) is 5.75 Å². The number of piperazine rings is 3. The third kappa shape index (κ3) is 2.86. The summed E-state index contributed by atoms with van der Waals surface area (Å²) in [6.45, 7) is 5.48. The van der Waals surface area contributed by atoms with Crippen LogP contribution in [0.5, 0.6) is 5.75 Å². The summed E-state index contributed by atoms with van der Waals surface area (Å²) in [5.41, 5.74) is 1.14. The Balaban J connectivity index is 1.66. The van der Waals surface area contributed by atoms with Gasteiger partial charge < -0.3 is 9.84 Å². The van der Waals surface area contributed by atoms with Crippen molar-refractivity contribution in [1.82, 2.24) is 9.80 Å². The van der Waals surface area contributed by atoms with E-state index >= 15 is 0 Å². The third-order valence-electron chi connectivity index (χ3n) is 4.43. The number of methoxy groups -OCH3 is 1. The minimum Gasteiger partial charge on any atom is -0.496 e. The topological polar surface area (TPSA) is 35.9 Å². The summed E-state index contributed by atoms with van der Waals surface area (Å²) >= 11 is 3.50. The van der Waals surface area contributed by atoms with E-state index in [1.54, 1.807) is 7.11 Å². The van der Waals surface area contributed by atoms with Crippen LogP contribution in [0.1, 0.15) is 5.56 Å². The average molecular weight is 341 g/mol. The van der Waals surface area contributed by atoms with Crippen molar-refractivity contribution in [3.05, 3.63) is 28.2 Å². The summed E-state index contributed by atoms with van der Waals surface area (Å²) in [7, 11) is 1.66.